The summed E-state index contributed by atoms with van der Waals surface area (Å²) < 4.78 is 0. The normalized spacial score (nSPS) is 11.6. The standard InChI is InChI=1S/C66H42/c1-3-21-43(22-4-1)63-54-31-13-17-35-58(54)65(59-36-18-14-32-55(59)63)47-39-46(50-27-9-10-29-52(50)62-42-45-25-7-8-26-49(45)51-28-11-12-30-53(51)62)40-48(41-47)66-60-37-19-15-33-56(60)64(44-23-5-2-6-24-44)57-34-16-20-38-61(57)66/h1-42H. The van der Waals surface area contributed by atoms with Crippen molar-refractivity contribution in [1.82, 2.24) is 0 Å². The summed E-state index contributed by atoms with van der Waals surface area (Å²) in [5.41, 5.74) is 14.7. The minimum absolute atomic E-state index is 1.18. The minimum atomic E-state index is 1.18. The molecule has 0 nitrogen and oxygen atoms in total. The van der Waals surface area contributed by atoms with Gasteiger partial charge in [-0.25, -0.2) is 0 Å². The van der Waals surface area contributed by atoms with Crippen LogP contribution in [0, 0.1) is 0 Å². The smallest absolute Gasteiger partial charge is 0.00259 e. The van der Waals surface area contributed by atoms with Crippen molar-refractivity contribution in [2.75, 3.05) is 0 Å². The largest absolute Gasteiger partial charge is 0.0622 e. The van der Waals surface area contributed by atoms with Crippen LogP contribution in [0.2, 0.25) is 0 Å². The molecule has 0 aliphatic heterocycles. The highest BCUT2D eigenvalue weighted by atomic mass is 14.3. The van der Waals surface area contributed by atoms with E-state index in [4.69, 9.17) is 0 Å². The summed E-state index contributed by atoms with van der Waals surface area (Å²) in [6.07, 6.45) is 0. The molecular formula is C66H42. The Labute approximate surface area is 384 Å². The maximum atomic E-state index is 2.48. The molecule has 0 aliphatic rings. The van der Waals surface area contributed by atoms with Crippen LogP contribution in [0.5, 0.6) is 0 Å². The van der Waals surface area contributed by atoms with E-state index >= 15 is 0 Å². The monoisotopic (exact) mass is 834 g/mol. The van der Waals surface area contributed by atoms with Gasteiger partial charge in [-0.1, -0.05) is 231 Å². The third-order valence-electron chi connectivity index (χ3n) is 13.8. The van der Waals surface area contributed by atoms with Crippen LogP contribution < -0.4 is 0 Å². The summed E-state index contributed by atoms with van der Waals surface area (Å²) in [7, 11) is 0. The van der Waals surface area contributed by atoms with Gasteiger partial charge in [0.05, 0.1) is 0 Å². The fourth-order valence-corrected chi connectivity index (χ4v) is 11.0. The highest BCUT2D eigenvalue weighted by Gasteiger charge is 2.22. The van der Waals surface area contributed by atoms with Crippen molar-refractivity contribution in [3.05, 3.63) is 255 Å². The summed E-state index contributed by atoms with van der Waals surface area (Å²) in [6, 6.07) is 94.4. The maximum Gasteiger partial charge on any atom is -0.00259 e. The first-order valence-corrected chi connectivity index (χ1v) is 22.9. The highest BCUT2D eigenvalue weighted by Crippen LogP contribution is 2.49. The predicted molar refractivity (Wildman–Crippen MR) is 284 cm³/mol. The van der Waals surface area contributed by atoms with Crippen molar-refractivity contribution in [3.63, 3.8) is 0 Å². The number of hydrogen-bond acceptors (Lipinski definition) is 0. The van der Waals surface area contributed by atoms with Gasteiger partial charge in [0.15, 0.2) is 0 Å². The predicted octanol–water partition coefficient (Wildman–Crippen LogP) is 18.6. The Morgan fingerprint density at radius 2 is 0.455 bits per heavy atom. The first kappa shape index (κ1) is 37.9. The molecule has 0 unspecified atom stereocenters. The molecule has 0 radical (unpaired) electrons. The zero-order valence-corrected chi connectivity index (χ0v) is 36.2. The number of rotatable bonds is 6. The van der Waals surface area contributed by atoms with Crippen LogP contribution in [0.3, 0.4) is 0 Å². The Morgan fingerprint density at radius 3 is 0.894 bits per heavy atom. The topological polar surface area (TPSA) is 0 Å². The zero-order chi connectivity index (χ0) is 43.6. The van der Waals surface area contributed by atoms with Crippen LogP contribution in [0.4, 0.5) is 0 Å². The molecule has 0 saturated heterocycles. The summed E-state index contributed by atoms with van der Waals surface area (Å²) in [6.45, 7) is 0. The van der Waals surface area contributed by atoms with Crippen LogP contribution in [-0.2, 0) is 0 Å². The first-order valence-electron chi connectivity index (χ1n) is 22.9. The van der Waals surface area contributed by atoms with E-state index in [1.807, 2.05) is 0 Å². The molecule has 0 atom stereocenters. The van der Waals surface area contributed by atoms with E-state index in [0.717, 1.165) is 0 Å². The number of hydrogen-bond donors (Lipinski definition) is 0. The van der Waals surface area contributed by atoms with Crippen LogP contribution in [0.1, 0.15) is 0 Å². The van der Waals surface area contributed by atoms with E-state index in [1.165, 1.54) is 131 Å². The molecule has 13 rings (SSSR count). The summed E-state index contributed by atoms with van der Waals surface area (Å²) in [5.74, 6) is 0. The molecule has 0 heteroatoms. The van der Waals surface area contributed by atoms with Crippen molar-refractivity contribution in [2.24, 2.45) is 0 Å². The lowest BCUT2D eigenvalue weighted by Crippen LogP contribution is -1.95. The fraction of sp³-hybridized carbons (Fsp3) is 0. The second-order valence-corrected chi connectivity index (χ2v) is 17.4. The van der Waals surface area contributed by atoms with Gasteiger partial charge in [-0.05, 0) is 156 Å². The SMILES string of the molecule is c1ccc(-c2c3ccccc3c(-c3cc(-c4ccccc4-c4cc5ccccc5c5ccccc45)cc(-c4c5ccccc5c(-c5ccccc5)c5ccccc45)c3)c3ccccc23)cc1. The molecule has 0 heterocycles. The Hall–Kier alpha value is -8.58. The van der Waals surface area contributed by atoms with Crippen molar-refractivity contribution in [3.8, 4) is 66.8 Å². The number of fused-ring (bicyclic) bond motifs is 7. The zero-order valence-electron chi connectivity index (χ0n) is 36.2. The van der Waals surface area contributed by atoms with Gasteiger partial charge in [-0.3, -0.25) is 0 Å². The van der Waals surface area contributed by atoms with Gasteiger partial charge in [0.2, 0.25) is 0 Å². The van der Waals surface area contributed by atoms with Crippen molar-refractivity contribution in [2.45, 2.75) is 0 Å². The average molecular weight is 835 g/mol. The van der Waals surface area contributed by atoms with Crippen molar-refractivity contribution < 1.29 is 0 Å². The van der Waals surface area contributed by atoms with E-state index in [0.29, 0.717) is 0 Å². The van der Waals surface area contributed by atoms with E-state index in [2.05, 4.69) is 255 Å². The van der Waals surface area contributed by atoms with Gasteiger partial charge in [0.25, 0.3) is 0 Å². The molecule has 13 aromatic carbocycles. The van der Waals surface area contributed by atoms with Crippen LogP contribution >= 0.6 is 0 Å². The van der Waals surface area contributed by atoms with Gasteiger partial charge in [-0.2, -0.15) is 0 Å². The average Bonchev–Trinajstić information content (AvgIpc) is 3.39. The Kier molecular flexibility index (Phi) is 8.96. The van der Waals surface area contributed by atoms with Gasteiger partial charge in [-0.15, -0.1) is 0 Å². The molecule has 66 heavy (non-hydrogen) atoms. The Morgan fingerprint density at radius 1 is 0.152 bits per heavy atom. The highest BCUT2D eigenvalue weighted by molar-refractivity contribution is 6.24. The van der Waals surface area contributed by atoms with Gasteiger partial charge in [0.1, 0.15) is 0 Å². The molecular weight excluding hydrogens is 793 g/mol. The maximum absolute atomic E-state index is 2.48. The van der Waals surface area contributed by atoms with Crippen molar-refractivity contribution >= 4 is 64.6 Å². The Bertz CT molecular complexity index is 3730. The lowest BCUT2D eigenvalue weighted by molar-refractivity contribution is 1.59. The lowest BCUT2D eigenvalue weighted by Gasteiger charge is -2.22. The second-order valence-electron chi connectivity index (χ2n) is 17.4. The van der Waals surface area contributed by atoms with Gasteiger partial charge in [0, 0.05) is 0 Å². The van der Waals surface area contributed by atoms with Crippen LogP contribution in [-0.4, -0.2) is 0 Å². The molecule has 0 fully saturated rings. The van der Waals surface area contributed by atoms with E-state index in [9.17, 15) is 0 Å². The molecule has 0 bridgehead atoms. The summed E-state index contributed by atoms with van der Waals surface area (Å²) in [4.78, 5) is 0. The molecule has 0 spiro atoms. The fourth-order valence-electron chi connectivity index (χ4n) is 11.0. The van der Waals surface area contributed by atoms with Gasteiger partial charge < -0.3 is 0 Å². The quantitative estimate of drug-likeness (QED) is 0.116. The third kappa shape index (κ3) is 6.07. The first-order chi connectivity index (χ1) is 32.8. The van der Waals surface area contributed by atoms with Crippen molar-refractivity contribution in [1.29, 1.82) is 0 Å². The lowest BCUT2D eigenvalue weighted by atomic mass is 9.81. The Balaban J connectivity index is 1.17. The van der Waals surface area contributed by atoms with Crippen LogP contribution in [0.15, 0.2) is 255 Å². The number of benzene rings is 13. The molecule has 13 aromatic rings. The second kappa shape index (κ2) is 15.6. The summed E-state index contributed by atoms with van der Waals surface area (Å²) in [5, 5.41) is 15.0. The molecule has 306 valence electrons. The third-order valence-corrected chi connectivity index (χ3v) is 13.8. The van der Waals surface area contributed by atoms with E-state index < -0.39 is 0 Å². The van der Waals surface area contributed by atoms with E-state index in [1.54, 1.807) is 0 Å². The molecule has 0 N–H and O–H groups in total. The molecule has 0 aliphatic carbocycles. The molecule has 0 saturated carbocycles. The molecule has 0 amide bonds. The minimum Gasteiger partial charge on any atom is -0.0622 e. The van der Waals surface area contributed by atoms with E-state index in [-0.39, 0.29) is 0 Å². The van der Waals surface area contributed by atoms with Crippen LogP contribution in [0.25, 0.3) is 131 Å². The molecule has 0 aromatic heterocycles. The summed E-state index contributed by atoms with van der Waals surface area (Å²) >= 11 is 0. The van der Waals surface area contributed by atoms with Gasteiger partial charge >= 0.3 is 0 Å².